The molecule has 1 aromatic rings. The summed E-state index contributed by atoms with van der Waals surface area (Å²) < 4.78 is 9.56. The van der Waals surface area contributed by atoms with Gasteiger partial charge in [-0.25, -0.2) is 4.79 Å². The Labute approximate surface area is 93.4 Å². The quantitative estimate of drug-likeness (QED) is 0.779. The van der Waals surface area contributed by atoms with E-state index in [-0.39, 0.29) is 12.5 Å². The zero-order valence-electron chi connectivity index (χ0n) is 9.15. The molecule has 86 valence electrons. The van der Waals surface area contributed by atoms with E-state index in [4.69, 9.17) is 4.74 Å². The van der Waals surface area contributed by atoms with Crippen LogP contribution in [0, 0.1) is 0 Å². The molecule has 0 spiro atoms. The number of hydrogen-bond acceptors (Lipinski definition) is 4. The Morgan fingerprint density at radius 1 is 1.25 bits per heavy atom. The first-order valence-electron chi connectivity index (χ1n) is 4.69. The summed E-state index contributed by atoms with van der Waals surface area (Å²) in [6.07, 6.45) is 0. The second-order valence-corrected chi connectivity index (χ2v) is 3.07. The summed E-state index contributed by atoms with van der Waals surface area (Å²) in [5.41, 5.74) is 0.679. The maximum Gasteiger partial charge on any atom is 0.343 e. The minimum Gasteiger partial charge on any atom is -0.482 e. The highest BCUT2D eigenvalue weighted by Gasteiger charge is 2.01. The topological polar surface area (TPSA) is 64.6 Å². The second-order valence-electron chi connectivity index (χ2n) is 3.07. The number of benzene rings is 1. The molecular formula is C11H13NO4. The zero-order valence-corrected chi connectivity index (χ0v) is 9.15. The lowest BCUT2D eigenvalue weighted by Gasteiger charge is -2.06. The summed E-state index contributed by atoms with van der Waals surface area (Å²) in [5.74, 6) is -0.0336. The lowest BCUT2D eigenvalue weighted by Crippen LogP contribution is -2.12. The van der Waals surface area contributed by atoms with Crippen LogP contribution in [0.4, 0.5) is 5.69 Å². The van der Waals surface area contributed by atoms with Gasteiger partial charge in [0.2, 0.25) is 5.91 Å². The fraction of sp³-hybridized carbons (Fsp3) is 0.273. The van der Waals surface area contributed by atoms with Gasteiger partial charge in [-0.05, 0) is 24.3 Å². The molecule has 0 unspecified atom stereocenters. The number of carbonyl (C=O) groups is 2. The van der Waals surface area contributed by atoms with Gasteiger partial charge >= 0.3 is 5.97 Å². The van der Waals surface area contributed by atoms with Crippen molar-refractivity contribution in [1.82, 2.24) is 0 Å². The van der Waals surface area contributed by atoms with E-state index in [1.54, 1.807) is 24.3 Å². The molecule has 0 fully saturated rings. The van der Waals surface area contributed by atoms with E-state index < -0.39 is 5.97 Å². The number of amides is 1. The highest BCUT2D eigenvalue weighted by molar-refractivity contribution is 5.88. The van der Waals surface area contributed by atoms with Gasteiger partial charge in [-0.15, -0.1) is 0 Å². The molecule has 1 aromatic carbocycles. The predicted octanol–water partition coefficient (Wildman–Crippen LogP) is 1.20. The van der Waals surface area contributed by atoms with E-state index in [0.29, 0.717) is 11.4 Å². The predicted molar refractivity (Wildman–Crippen MR) is 58.3 cm³/mol. The van der Waals surface area contributed by atoms with Crippen LogP contribution in [-0.4, -0.2) is 25.6 Å². The standard InChI is InChI=1S/C11H13NO4/c1-8(13)12-9-3-5-10(6-4-9)16-7-11(14)15-2/h3-6H,7H2,1-2H3,(H,12,13). The van der Waals surface area contributed by atoms with Crippen LogP contribution < -0.4 is 10.1 Å². The van der Waals surface area contributed by atoms with Gasteiger partial charge in [-0.3, -0.25) is 4.79 Å². The summed E-state index contributed by atoms with van der Waals surface area (Å²) in [7, 11) is 1.30. The molecule has 0 aliphatic carbocycles. The normalized spacial score (nSPS) is 9.38. The smallest absolute Gasteiger partial charge is 0.343 e. The third-order valence-corrected chi connectivity index (χ3v) is 1.76. The number of ether oxygens (including phenoxy) is 2. The van der Waals surface area contributed by atoms with Crippen LogP contribution >= 0.6 is 0 Å². The van der Waals surface area contributed by atoms with Gasteiger partial charge in [0.05, 0.1) is 7.11 Å². The van der Waals surface area contributed by atoms with Crippen molar-refractivity contribution in [3.8, 4) is 5.75 Å². The average Bonchev–Trinajstić information content (AvgIpc) is 2.27. The Kier molecular flexibility index (Phi) is 4.32. The molecule has 5 heteroatoms. The summed E-state index contributed by atoms with van der Waals surface area (Å²) in [4.78, 5) is 21.5. The number of carbonyl (C=O) groups excluding carboxylic acids is 2. The van der Waals surface area contributed by atoms with Crippen LogP contribution in [0.2, 0.25) is 0 Å². The molecule has 0 radical (unpaired) electrons. The Morgan fingerprint density at radius 2 is 1.88 bits per heavy atom. The molecule has 0 heterocycles. The van der Waals surface area contributed by atoms with Crippen LogP contribution in [0.25, 0.3) is 0 Å². The molecule has 0 aromatic heterocycles. The number of hydrogen-bond donors (Lipinski definition) is 1. The van der Waals surface area contributed by atoms with Gasteiger partial charge in [0, 0.05) is 12.6 Å². The van der Waals surface area contributed by atoms with Crippen molar-refractivity contribution in [1.29, 1.82) is 0 Å². The van der Waals surface area contributed by atoms with Crippen LogP contribution in [-0.2, 0) is 14.3 Å². The number of methoxy groups -OCH3 is 1. The fourth-order valence-corrected chi connectivity index (χ4v) is 1.04. The highest BCUT2D eigenvalue weighted by atomic mass is 16.6. The summed E-state index contributed by atoms with van der Waals surface area (Å²) >= 11 is 0. The molecule has 0 aliphatic rings. The molecule has 1 N–H and O–H groups in total. The molecule has 0 aliphatic heterocycles. The first-order chi connectivity index (χ1) is 7.61. The number of nitrogens with one attached hydrogen (secondary N) is 1. The van der Waals surface area contributed by atoms with Crippen molar-refractivity contribution in [3.63, 3.8) is 0 Å². The van der Waals surface area contributed by atoms with E-state index >= 15 is 0 Å². The molecule has 0 saturated carbocycles. The monoisotopic (exact) mass is 223 g/mol. The number of esters is 1. The Balaban J connectivity index is 2.51. The Morgan fingerprint density at radius 3 is 2.38 bits per heavy atom. The van der Waals surface area contributed by atoms with Gasteiger partial charge in [-0.1, -0.05) is 0 Å². The lowest BCUT2D eigenvalue weighted by atomic mass is 10.3. The molecule has 1 rings (SSSR count). The second kappa shape index (κ2) is 5.75. The van der Waals surface area contributed by atoms with E-state index in [9.17, 15) is 9.59 Å². The number of rotatable bonds is 4. The van der Waals surface area contributed by atoms with E-state index in [2.05, 4.69) is 10.1 Å². The van der Waals surface area contributed by atoms with Crippen LogP contribution in [0.3, 0.4) is 0 Å². The Bertz CT molecular complexity index is 372. The SMILES string of the molecule is COC(=O)COc1ccc(NC(C)=O)cc1. The summed E-state index contributed by atoms with van der Waals surface area (Å²) in [6, 6.07) is 6.70. The third-order valence-electron chi connectivity index (χ3n) is 1.76. The Hall–Kier alpha value is -2.04. The van der Waals surface area contributed by atoms with Crippen LogP contribution in [0.15, 0.2) is 24.3 Å². The van der Waals surface area contributed by atoms with Crippen molar-refractivity contribution in [2.75, 3.05) is 19.0 Å². The van der Waals surface area contributed by atoms with Crippen molar-refractivity contribution in [2.24, 2.45) is 0 Å². The van der Waals surface area contributed by atoms with E-state index in [0.717, 1.165) is 0 Å². The van der Waals surface area contributed by atoms with Crippen molar-refractivity contribution >= 4 is 17.6 Å². The third kappa shape index (κ3) is 4.00. The largest absolute Gasteiger partial charge is 0.482 e. The maximum absolute atomic E-state index is 10.8. The molecule has 0 bridgehead atoms. The first kappa shape index (κ1) is 12.0. The van der Waals surface area contributed by atoms with Gasteiger partial charge in [0.1, 0.15) is 5.75 Å². The molecule has 0 atom stereocenters. The fourth-order valence-electron chi connectivity index (χ4n) is 1.04. The summed E-state index contributed by atoms with van der Waals surface area (Å²) in [6.45, 7) is 1.30. The minimum atomic E-state index is -0.439. The van der Waals surface area contributed by atoms with Gasteiger partial charge in [0.25, 0.3) is 0 Å². The molecule has 5 nitrogen and oxygen atoms in total. The molecule has 16 heavy (non-hydrogen) atoms. The van der Waals surface area contributed by atoms with Crippen LogP contribution in [0.1, 0.15) is 6.92 Å². The van der Waals surface area contributed by atoms with Gasteiger partial charge in [0.15, 0.2) is 6.61 Å². The lowest BCUT2D eigenvalue weighted by molar-refractivity contribution is -0.142. The molecular weight excluding hydrogens is 210 g/mol. The van der Waals surface area contributed by atoms with Gasteiger partial charge in [-0.2, -0.15) is 0 Å². The van der Waals surface area contributed by atoms with Crippen molar-refractivity contribution in [2.45, 2.75) is 6.92 Å². The minimum absolute atomic E-state index is 0.129. The van der Waals surface area contributed by atoms with Crippen molar-refractivity contribution in [3.05, 3.63) is 24.3 Å². The highest BCUT2D eigenvalue weighted by Crippen LogP contribution is 2.15. The first-order valence-corrected chi connectivity index (χ1v) is 4.69. The average molecular weight is 223 g/mol. The maximum atomic E-state index is 10.8. The van der Waals surface area contributed by atoms with Crippen molar-refractivity contribution < 1.29 is 19.1 Å². The van der Waals surface area contributed by atoms with Crippen LogP contribution in [0.5, 0.6) is 5.75 Å². The molecule has 1 amide bonds. The van der Waals surface area contributed by atoms with E-state index in [1.807, 2.05) is 0 Å². The van der Waals surface area contributed by atoms with Gasteiger partial charge < -0.3 is 14.8 Å². The van der Waals surface area contributed by atoms with E-state index in [1.165, 1.54) is 14.0 Å². The summed E-state index contributed by atoms with van der Waals surface area (Å²) in [5, 5.41) is 2.62. The molecule has 0 saturated heterocycles. The zero-order chi connectivity index (χ0) is 12.0. The number of anilines is 1.